The van der Waals surface area contributed by atoms with Crippen molar-refractivity contribution in [2.24, 2.45) is 0 Å². The number of nitrogen functional groups attached to an aromatic ring is 1. The first-order valence-corrected chi connectivity index (χ1v) is 5.47. The van der Waals surface area contributed by atoms with E-state index in [9.17, 15) is 4.79 Å². The smallest absolute Gasteiger partial charge is 0.143 e. The molecule has 3 nitrogen and oxygen atoms in total. The standard InChI is InChI=1S/C13H17NO2/c1-13(2)9-7-11(16-3)10(14)6-8(9)4-5-12(13)15/h6-7H,4-5,14H2,1-3H3. The summed E-state index contributed by atoms with van der Waals surface area (Å²) in [6.07, 6.45) is 1.39. The summed E-state index contributed by atoms with van der Waals surface area (Å²) in [5.74, 6) is 0.938. The van der Waals surface area contributed by atoms with Gasteiger partial charge in [-0.3, -0.25) is 4.79 Å². The number of methoxy groups -OCH3 is 1. The van der Waals surface area contributed by atoms with Crippen molar-refractivity contribution in [3.63, 3.8) is 0 Å². The van der Waals surface area contributed by atoms with E-state index in [2.05, 4.69) is 0 Å². The van der Waals surface area contributed by atoms with Gasteiger partial charge in [-0.25, -0.2) is 0 Å². The minimum atomic E-state index is -0.422. The Kier molecular flexibility index (Phi) is 2.41. The predicted molar refractivity (Wildman–Crippen MR) is 63.8 cm³/mol. The van der Waals surface area contributed by atoms with Crippen LogP contribution in [0.2, 0.25) is 0 Å². The quantitative estimate of drug-likeness (QED) is 0.736. The molecule has 0 spiro atoms. The molecule has 1 aromatic rings. The third-order valence-electron chi connectivity index (χ3n) is 3.45. The zero-order chi connectivity index (χ0) is 11.9. The molecule has 16 heavy (non-hydrogen) atoms. The van der Waals surface area contributed by atoms with Gasteiger partial charge in [0.2, 0.25) is 0 Å². The van der Waals surface area contributed by atoms with Crippen molar-refractivity contribution in [1.29, 1.82) is 0 Å². The molecule has 0 atom stereocenters. The second-order valence-corrected chi connectivity index (χ2v) is 4.80. The molecule has 0 aromatic heterocycles. The zero-order valence-electron chi connectivity index (χ0n) is 9.96. The molecule has 0 fully saturated rings. The molecule has 0 amide bonds. The van der Waals surface area contributed by atoms with Gasteiger partial charge < -0.3 is 10.5 Å². The number of benzene rings is 1. The van der Waals surface area contributed by atoms with E-state index in [4.69, 9.17) is 10.5 Å². The van der Waals surface area contributed by atoms with E-state index < -0.39 is 5.41 Å². The number of rotatable bonds is 1. The van der Waals surface area contributed by atoms with Crippen molar-refractivity contribution < 1.29 is 9.53 Å². The maximum absolute atomic E-state index is 11.9. The lowest BCUT2D eigenvalue weighted by molar-refractivity contribution is -0.124. The monoisotopic (exact) mass is 219 g/mol. The van der Waals surface area contributed by atoms with Gasteiger partial charge in [-0.2, -0.15) is 0 Å². The Balaban J connectivity index is 2.62. The molecule has 1 aliphatic carbocycles. The van der Waals surface area contributed by atoms with Crippen molar-refractivity contribution in [3.05, 3.63) is 23.3 Å². The third-order valence-corrected chi connectivity index (χ3v) is 3.45. The van der Waals surface area contributed by atoms with Crippen molar-refractivity contribution in [3.8, 4) is 5.75 Å². The number of aryl methyl sites for hydroxylation is 1. The van der Waals surface area contributed by atoms with E-state index in [1.54, 1.807) is 7.11 Å². The van der Waals surface area contributed by atoms with Gasteiger partial charge in [0, 0.05) is 11.8 Å². The summed E-state index contributed by atoms with van der Waals surface area (Å²) in [4.78, 5) is 11.9. The zero-order valence-corrected chi connectivity index (χ0v) is 9.96. The molecule has 0 saturated carbocycles. The Bertz CT molecular complexity index is 449. The molecule has 86 valence electrons. The fourth-order valence-corrected chi connectivity index (χ4v) is 2.32. The first-order chi connectivity index (χ1) is 7.46. The molecule has 2 rings (SSSR count). The number of Topliss-reactive ketones (excluding diaryl/α,β-unsaturated/α-hetero) is 1. The number of carbonyl (C=O) groups is 1. The molecular formula is C13H17NO2. The lowest BCUT2D eigenvalue weighted by atomic mass is 9.71. The summed E-state index contributed by atoms with van der Waals surface area (Å²) >= 11 is 0. The minimum Gasteiger partial charge on any atom is -0.495 e. The second-order valence-electron chi connectivity index (χ2n) is 4.80. The average Bonchev–Trinajstić information content (AvgIpc) is 2.23. The van der Waals surface area contributed by atoms with E-state index in [-0.39, 0.29) is 5.78 Å². The maximum atomic E-state index is 11.9. The van der Waals surface area contributed by atoms with Crippen LogP contribution in [0.1, 0.15) is 31.4 Å². The van der Waals surface area contributed by atoms with Crippen LogP contribution in [0.5, 0.6) is 5.75 Å². The van der Waals surface area contributed by atoms with Crippen LogP contribution in [0.4, 0.5) is 5.69 Å². The Hall–Kier alpha value is -1.51. The third kappa shape index (κ3) is 1.47. The van der Waals surface area contributed by atoms with Gasteiger partial charge in [-0.15, -0.1) is 0 Å². The summed E-state index contributed by atoms with van der Waals surface area (Å²) < 4.78 is 5.20. The normalized spacial score (nSPS) is 18.1. The van der Waals surface area contributed by atoms with Crippen LogP contribution in [0, 0.1) is 0 Å². The number of hydrogen-bond acceptors (Lipinski definition) is 3. The molecule has 1 aromatic carbocycles. The number of ether oxygens (including phenoxy) is 1. The number of anilines is 1. The lowest BCUT2D eigenvalue weighted by Crippen LogP contribution is -2.34. The van der Waals surface area contributed by atoms with Crippen molar-refractivity contribution in [2.45, 2.75) is 32.1 Å². The largest absolute Gasteiger partial charge is 0.495 e. The molecule has 3 heteroatoms. The summed E-state index contributed by atoms with van der Waals surface area (Å²) in [5.41, 5.74) is 8.31. The SMILES string of the molecule is COc1cc2c(cc1N)CCC(=O)C2(C)C. The fourth-order valence-electron chi connectivity index (χ4n) is 2.32. The van der Waals surface area contributed by atoms with Crippen molar-refractivity contribution >= 4 is 11.5 Å². The summed E-state index contributed by atoms with van der Waals surface area (Å²) in [6.45, 7) is 3.92. The second kappa shape index (κ2) is 3.51. The maximum Gasteiger partial charge on any atom is 0.143 e. The van der Waals surface area contributed by atoms with E-state index >= 15 is 0 Å². The van der Waals surface area contributed by atoms with Gasteiger partial charge in [0.15, 0.2) is 0 Å². The fraction of sp³-hybridized carbons (Fsp3) is 0.462. The summed E-state index contributed by atoms with van der Waals surface area (Å²) in [5, 5.41) is 0. The van der Waals surface area contributed by atoms with Crippen LogP contribution in [0.25, 0.3) is 0 Å². The lowest BCUT2D eigenvalue weighted by Gasteiger charge is -2.31. The molecule has 0 aliphatic heterocycles. The number of ketones is 1. The number of fused-ring (bicyclic) bond motifs is 1. The highest BCUT2D eigenvalue weighted by atomic mass is 16.5. The molecule has 0 unspecified atom stereocenters. The molecule has 0 radical (unpaired) electrons. The van der Waals surface area contributed by atoms with E-state index in [1.165, 1.54) is 5.56 Å². The summed E-state index contributed by atoms with van der Waals surface area (Å²) in [6, 6.07) is 3.84. The Labute approximate surface area is 95.6 Å². The molecule has 0 heterocycles. The van der Waals surface area contributed by atoms with Crippen LogP contribution < -0.4 is 10.5 Å². The van der Waals surface area contributed by atoms with Crippen LogP contribution in [0.3, 0.4) is 0 Å². The van der Waals surface area contributed by atoms with Crippen molar-refractivity contribution in [1.82, 2.24) is 0 Å². The minimum absolute atomic E-state index is 0.284. The highest BCUT2D eigenvalue weighted by Crippen LogP contribution is 2.38. The molecule has 0 bridgehead atoms. The van der Waals surface area contributed by atoms with Crippen LogP contribution in [0.15, 0.2) is 12.1 Å². The predicted octanol–water partition coefficient (Wildman–Crippen LogP) is 2.07. The highest BCUT2D eigenvalue weighted by Gasteiger charge is 2.35. The number of carbonyl (C=O) groups excluding carboxylic acids is 1. The van der Waals surface area contributed by atoms with Crippen LogP contribution in [-0.4, -0.2) is 12.9 Å². The Morgan fingerprint density at radius 1 is 1.31 bits per heavy atom. The first-order valence-electron chi connectivity index (χ1n) is 5.47. The molecule has 1 aliphatic rings. The number of hydrogen-bond donors (Lipinski definition) is 1. The van der Waals surface area contributed by atoms with Crippen LogP contribution in [-0.2, 0) is 16.6 Å². The topological polar surface area (TPSA) is 52.3 Å². The Morgan fingerprint density at radius 2 is 2.00 bits per heavy atom. The van der Waals surface area contributed by atoms with Gasteiger partial charge in [0.25, 0.3) is 0 Å². The average molecular weight is 219 g/mol. The van der Waals surface area contributed by atoms with Gasteiger partial charge in [-0.1, -0.05) is 0 Å². The van der Waals surface area contributed by atoms with E-state index in [0.29, 0.717) is 17.9 Å². The Morgan fingerprint density at radius 3 is 2.62 bits per heavy atom. The van der Waals surface area contributed by atoms with Gasteiger partial charge in [0.1, 0.15) is 11.5 Å². The van der Waals surface area contributed by atoms with E-state index in [1.807, 2.05) is 26.0 Å². The van der Waals surface area contributed by atoms with Gasteiger partial charge >= 0.3 is 0 Å². The van der Waals surface area contributed by atoms with Crippen LogP contribution >= 0.6 is 0 Å². The van der Waals surface area contributed by atoms with Gasteiger partial charge in [-0.05, 0) is 43.5 Å². The molecule has 2 N–H and O–H groups in total. The van der Waals surface area contributed by atoms with Gasteiger partial charge in [0.05, 0.1) is 12.8 Å². The highest BCUT2D eigenvalue weighted by molar-refractivity contribution is 5.92. The summed E-state index contributed by atoms with van der Waals surface area (Å²) in [7, 11) is 1.59. The molecule has 0 saturated heterocycles. The van der Waals surface area contributed by atoms with E-state index in [0.717, 1.165) is 12.0 Å². The van der Waals surface area contributed by atoms with Crippen molar-refractivity contribution in [2.75, 3.05) is 12.8 Å². The number of nitrogens with two attached hydrogens (primary N) is 1. The molecular weight excluding hydrogens is 202 g/mol. The first kappa shape index (κ1) is 11.0.